The lowest BCUT2D eigenvalue weighted by molar-refractivity contribution is -0.116. The van der Waals surface area contributed by atoms with Crippen molar-refractivity contribution in [1.29, 1.82) is 0 Å². The van der Waals surface area contributed by atoms with Crippen LogP contribution in [0.25, 0.3) is 22.5 Å². The predicted molar refractivity (Wildman–Crippen MR) is 118 cm³/mol. The van der Waals surface area contributed by atoms with Crippen molar-refractivity contribution < 1.29 is 9.21 Å². The monoisotopic (exact) mass is 402 g/mol. The number of aryl methyl sites for hydroxylation is 1. The Hall–Kier alpha value is -3.41. The molecule has 4 rings (SSSR count). The highest BCUT2D eigenvalue weighted by molar-refractivity contribution is 5.94. The second kappa shape index (κ2) is 8.14. The molecule has 4 aromatic rings. The molecule has 2 heterocycles. The minimum Gasteiger partial charge on any atom is -0.419 e. The van der Waals surface area contributed by atoms with Crippen LogP contribution in [0.3, 0.4) is 0 Å². The van der Waals surface area contributed by atoms with Gasteiger partial charge in [0.15, 0.2) is 0 Å². The van der Waals surface area contributed by atoms with E-state index in [1.165, 1.54) is 0 Å². The van der Waals surface area contributed by atoms with Gasteiger partial charge in [-0.05, 0) is 49.1 Å². The molecule has 154 valence electrons. The third-order valence-corrected chi connectivity index (χ3v) is 5.26. The number of benzene rings is 2. The van der Waals surface area contributed by atoms with Crippen molar-refractivity contribution in [3.8, 4) is 11.6 Å². The molecule has 30 heavy (non-hydrogen) atoms. The first-order valence-corrected chi connectivity index (χ1v) is 10.2. The molecule has 0 fully saturated rings. The number of nitrogens with zero attached hydrogens (tertiary/aromatic N) is 3. The van der Waals surface area contributed by atoms with Gasteiger partial charge in [0.25, 0.3) is 5.89 Å². The zero-order valence-corrected chi connectivity index (χ0v) is 17.8. The van der Waals surface area contributed by atoms with Crippen LogP contribution in [-0.4, -0.2) is 20.7 Å². The summed E-state index contributed by atoms with van der Waals surface area (Å²) in [6.07, 6.45) is 0.723. The fourth-order valence-electron chi connectivity index (χ4n) is 3.57. The number of amides is 1. The van der Waals surface area contributed by atoms with E-state index in [4.69, 9.17) is 4.42 Å². The van der Waals surface area contributed by atoms with Crippen molar-refractivity contribution in [2.24, 2.45) is 5.92 Å². The largest absolute Gasteiger partial charge is 0.419 e. The molecule has 1 amide bonds. The minimum absolute atomic E-state index is 0.103. The lowest BCUT2D eigenvalue weighted by atomic mass is 10.1. The molecule has 0 saturated heterocycles. The van der Waals surface area contributed by atoms with E-state index in [1.54, 1.807) is 0 Å². The minimum atomic E-state index is -0.103. The molecule has 0 aliphatic heterocycles. The number of carbonyl (C=O) groups is 1. The lowest BCUT2D eigenvalue weighted by Crippen LogP contribution is -2.20. The number of para-hydroxylation sites is 1. The van der Waals surface area contributed by atoms with Crippen molar-refractivity contribution in [2.75, 3.05) is 5.32 Å². The van der Waals surface area contributed by atoms with E-state index in [2.05, 4.69) is 29.4 Å². The maximum absolute atomic E-state index is 12.9. The van der Waals surface area contributed by atoms with E-state index in [0.717, 1.165) is 39.8 Å². The predicted octanol–water partition coefficient (Wildman–Crippen LogP) is 5.15. The zero-order valence-electron chi connectivity index (χ0n) is 17.8. The molecule has 0 spiro atoms. The zero-order chi connectivity index (χ0) is 21.3. The van der Waals surface area contributed by atoms with Crippen molar-refractivity contribution in [3.05, 3.63) is 65.5 Å². The van der Waals surface area contributed by atoms with Crippen molar-refractivity contribution in [3.63, 3.8) is 0 Å². The number of hydrogen-bond donors (Lipinski definition) is 1. The Kier molecular flexibility index (Phi) is 5.40. The van der Waals surface area contributed by atoms with Crippen LogP contribution in [0.1, 0.15) is 30.9 Å². The smallest absolute Gasteiger partial charge is 0.264 e. The van der Waals surface area contributed by atoms with E-state index in [1.807, 2.05) is 66.9 Å². The summed E-state index contributed by atoms with van der Waals surface area (Å²) in [4.78, 5) is 12.9. The number of aromatic nitrogens is 3. The Labute approximate surface area is 175 Å². The highest BCUT2D eigenvalue weighted by Crippen LogP contribution is 2.28. The summed E-state index contributed by atoms with van der Waals surface area (Å²) in [7, 11) is 0. The molecule has 0 unspecified atom stereocenters. The van der Waals surface area contributed by atoms with Crippen LogP contribution in [-0.2, 0) is 17.8 Å². The lowest BCUT2D eigenvalue weighted by Gasteiger charge is -2.12. The Morgan fingerprint density at radius 1 is 1.10 bits per heavy atom. The molecular formula is C24H26N4O2. The number of fused-ring (bicyclic) bond motifs is 1. The first kappa shape index (κ1) is 19.9. The fraction of sp³-hybridized carbons (Fsp3) is 0.292. The van der Waals surface area contributed by atoms with Crippen LogP contribution in [0.15, 0.2) is 52.9 Å². The maximum atomic E-state index is 12.9. The molecule has 6 nitrogen and oxygen atoms in total. The van der Waals surface area contributed by atoms with Gasteiger partial charge in [-0.3, -0.25) is 4.79 Å². The molecule has 0 saturated carbocycles. The second-order valence-electron chi connectivity index (χ2n) is 8.07. The molecule has 0 atom stereocenters. The SMILES string of the molecule is Cc1cccc(NC(=O)Cn2c(-c3nnc(CC(C)C)o3)cc3ccccc32)c1C. The fourth-order valence-corrected chi connectivity index (χ4v) is 3.57. The number of hydrogen-bond acceptors (Lipinski definition) is 4. The maximum Gasteiger partial charge on any atom is 0.264 e. The van der Waals surface area contributed by atoms with Crippen LogP contribution in [0.5, 0.6) is 0 Å². The van der Waals surface area contributed by atoms with Crippen molar-refractivity contribution in [2.45, 2.75) is 40.7 Å². The molecule has 0 bridgehead atoms. The number of carbonyl (C=O) groups excluding carboxylic acids is 1. The first-order valence-electron chi connectivity index (χ1n) is 10.2. The molecule has 2 aromatic heterocycles. The standard InChI is InChI=1S/C24H26N4O2/c1-15(2)12-23-26-27-24(30-23)21-13-18-9-5-6-11-20(18)28(21)14-22(29)25-19-10-7-8-16(3)17(19)4/h5-11,13,15H,12,14H2,1-4H3,(H,25,29). The van der Waals surface area contributed by atoms with Gasteiger partial charge in [0.1, 0.15) is 12.2 Å². The van der Waals surface area contributed by atoms with Crippen LogP contribution < -0.4 is 5.32 Å². The average molecular weight is 402 g/mol. The van der Waals surface area contributed by atoms with Crippen molar-refractivity contribution in [1.82, 2.24) is 14.8 Å². The molecular weight excluding hydrogens is 376 g/mol. The van der Waals surface area contributed by atoms with Gasteiger partial charge in [0.05, 0.1) is 0 Å². The van der Waals surface area contributed by atoms with E-state index in [-0.39, 0.29) is 12.5 Å². The van der Waals surface area contributed by atoms with Gasteiger partial charge >= 0.3 is 0 Å². The third-order valence-electron chi connectivity index (χ3n) is 5.26. The molecule has 1 N–H and O–H groups in total. The van der Waals surface area contributed by atoms with Gasteiger partial charge < -0.3 is 14.3 Å². The van der Waals surface area contributed by atoms with E-state index >= 15 is 0 Å². The Morgan fingerprint density at radius 3 is 2.70 bits per heavy atom. The quantitative estimate of drug-likeness (QED) is 0.484. The summed E-state index contributed by atoms with van der Waals surface area (Å²) in [5, 5.41) is 12.5. The summed E-state index contributed by atoms with van der Waals surface area (Å²) in [5.74, 6) is 1.36. The summed E-state index contributed by atoms with van der Waals surface area (Å²) < 4.78 is 7.84. The highest BCUT2D eigenvalue weighted by atomic mass is 16.4. The molecule has 0 aliphatic carbocycles. The normalized spacial score (nSPS) is 11.4. The summed E-state index contributed by atoms with van der Waals surface area (Å²) in [6, 6.07) is 15.8. The number of rotatable bonds is 6. The second-order valence-corrected chi connectivity index (χ2v) is 8.07. The number of nitrogens with one attached hydrogen (secondary N) is 1. The van der Waals surface area contributed by atoms with Crippen LogP contribution in [0, 0.1) is 19.8 Å². The van der Waals surface area contributed by atoms with Gasteiger partial charge in [-0.2, -0.15) is 0 Å². The highest BCUT2D eigenvalue weighted by Gasteiger charge is 2.19. The average Bonchev–Trinajstić information content (AvgIpc) is 3.30. The van der Waals surface area contributed by atoms with Crippen molar-refractivity contribution >= 4 is 22.5 Å². The van der Waals surface area contributed by atoms with E-state index < -0.39 is 0 Å². The van der Waals surface area contributed by atoms with Gasteiger partial charge in [0, 0.05) is 23.0 Å². The summed E-state index contributed by atoms with van der Waals surface area (Å²) in [6.45, 7) is 8.41. The molecule has 2 aromatic carbocycles. The van der Waals surface area contributed by atoms with E-state index in [0.29, 0.717) is 17.7 Å². The van der Waals surface area contributed by atoms with E-state index in [9.17, 15) is 4.79 Å². The summed E-state index contributed by atoms with van der Waals surface area (Å²) >= 11 is 0. The van der Waals surface area contributed by atoms with Gasteiger partial charge in [-0.15, -0.1) is 10.2 Å². The molecule has 0 aliphatic rings. The first-order chi connectivity index (χ1) is 14.4. The topological polar surface area (TPSA) is 73.0 Å². The molecule has 6 heteroatoms. The van der Waals surface area contributed by atoms with Gasteiger partial charge in [-0.25, -0.2) is 0 Å². The third kappa shape index (κ3) is 3.99. The summed E-state index contributed by atoms with van der Waals surface area (Å²) in [5.41, 5.74) is 4.74. The van der Waals surface area contributed by atoms with Crippen LogP contribution in [0.2, 0.25) is 0 Å². The Balaban J connectivity index is 1.67. The van der Waals surface area contributed by atoms with Gasteiger partial charge in [0.2, 0.25) is 11.8 Å². The Morgan fingerprint density at radius 2 is 1.90 bits per heavy atom. The van der Waals surface area contributed by atoms with Crippen LogP contribution >= 0.6 is 0 Å². The Bertz CT molecular complexity index is 1200. The van der Waals surface area contributed by atoms with Crippen LogP contribution in [0.4, 0.5) is 5.69 Å². The molecule has 0 radical (unpaired) electrons. The number of anilines is 1. The van der Waals surface area contributed by atoms with Gasteiger partial charge in [-0.1, -0.05) is 44.2 Å².